The zero-order chi connectivity index (χ0) is 15.3. The van der Waals surface area contributed by atoms with Crippen LogP contribution in [0.4, 0.5) is 0 Å². The van der Waals surface area contributed by atoms with Gasteiger partial charge in [-0.15, -0.1) is 0 Å². The molecule has 2 aliphatic rings. The molecule has 4 rings (SSSR count). The number of allylic oxidation sites excluding steroid dienone is 2. The minimum Gasteiger partial charge on any atom is -0.496 e. The molecule has 0 fully saturated rings. The lowest BCUT2D eigenvalue weighted by atomic mass is 9.90. The lowest BCUT2D eigenvalue weighted by Crippen LogP contribution is -2.09. The Morgan fingerprint density at radius 3 is 2.32 bits per heavy atom. The second-order valence-electron chi connectivity index (χ2n) is 5.69. The number of hydrogen-bond donors (Lipinski definition) is 0. The van der Waals surface area contributed by atoms with Crippen LogP contribution >= 0.6 is 0 Å². The number of ether oxygens (including phenoxy) is 2. The summed E-state index contributed by atoms with van der Waals surface area (Å²) in [6.45, 7) is 3.50. The van der Waals surface area contributed by atoms with Crippen molar-refractivity contribution in [3.63, 3.8) is 0 Å². The molecule has 2 unspecified atom stereocenters. The zero-order valence-electron chi connectivity index (χ0n) is 12.3. The minimum atomic E-state index is -0.427. The van der Waals surface area contributed by atoms with Crippen molar-refractivity contribution in [1.82, 2.24) is 0 Å². The van der Waals surface area contributed by atoms with Crippen LogP contribution in [-0.4, -0.2) is 13.1 Å². The fraction of sp³-hybridized carbons (Fsp3) is 0.211. The molecule has 2 atom stereocenters. The molecule has 2 aromatic rings. The van der Waals surface area contributed by atoms with Gasteiger partial charge >= 0.3 is 5.97 Å². The van der Waals surface area contributed by atoms with Gasteiger partial charge in [-0.25, -0.2) is 4.79 Å². The third kappa shape index (κ3) is 1.65. The van der Waals surface area contributed by atoms with Gasteiger partial charge in [0.1, 0.15) is 11.5 Å². The highest BCUT2D eigenvalue weighted by molar-refractivity contribution is 5.99. The fourth-order valence-electron chi connectivity index (χ4n) is 3.75. The average Bonchev–Trinajstić information content (AvgIpc) is 3.16. The van der Waals surface area contributed by atoms with Crippen LogP contribution in [-0.2, 0) is 4.79 Å². The number of benzene rings is 2. The maximum atomic E-state index is 11.8. The Kier molecular flexibility index (Phi) is 2.83. The summed E-state index contributed by atoms with van der Waals surface area (Å²) in [6, 6.07) is 7.90. The second-order valence-corrected chi connectivity index (χ2v) is 5.69. The number of fused-ring (bicyclic) bond motifs is 6. The number of methoxy groups -OCH3 is 1. The molecule has 0 N–H and O–H groups in total. The first-order valence-electron chi connectivity index (χ1n) is 7.39. The van der Waals surface area contributed by atoms with Gasteiger partial charge in [0.25, 0.3) is 0 Å². The Hall–Kier alpha value is -2.55. The lowest BCUT2D eigenvalue weighted by Gasteiger charge is -2.21. The zero-order valence-corrected chi connectivity index (χ0v) is 12.3. The molecule has 3 nitrogen and oxygen atoms in total. The van der Waals surface area contributed by atoms with E-state index in [1.54, 1.807) is 7.11 Å². The third-order valence-electron chi connectivity index (χ3n) is 4.59. The van der Waals surface area contributed by atoms with Gasteiger partial charge in [0.15, 0.2) is 0 Å². The van der Waals surface area contributed by atoms with Gasteiger partial charge < -0.3 is 9.47 Å². The SMILES string of the molecule is C=CC(=O)Oc1c2c(c(OC)c3ccccc13)C1C=CC2C1. The molecule has 2 aliphatic carbocycles. The van der Waals surface area contributed by atoms with Crippen molar-refractivity contribution in [3.8, 4) is 11.5 Å². The first kappa shape index (κ1) is 13.1. The standard InChI is InChI=1S/C19H16O3/c1-3-15(20)22-19-14-7-5-4-6-13(14)18(21-2)16-11-8-9-12(10-11)17(16)19/h3-9,11-12H,1,10H2,2H3. The Morgan fingerprint density at radius 1 is 1.14 bits per heavy atom. The molecule has 0 spiro atoms. The molecule has 0 amide bonds. The monoisotopic (exact) mass is 292 g/mol. The van der Waals surface area contributed by atoms with Crippen LogP contribution in [0.3, 0.4) is 0 Å². The van der Waals surface area contributed by atoms with Crippen LogP contribution in [0.5, 0.6) is 11.5 Å². The predicted octanol–water partition coefficient (Wildman–Crippen LogP) is 4.08. The van der Waals surface area contributed by atoms with Gasteiger partial charge in [0, 0.05) is 39.8 Å². The van der Waals surface area contributed by atoms with Crippen LogP contribution < -0.4 is 9.47 Å². The van der Waals surface area contributed by atoms with E-state index in [0.717, 1.165) is 28.5 Å². The van der Waals surface area contributed by atoms with Gasteiger partial charge in [-0.05, 0) is 6.42 Å². The summed E-state index contributed by atoms with van der Waals surface area (Å²) < 4.78 is 11.3. The largest absolute Gasteiger partial charge is 0.496 e. The highest BCUT2D eigenvalue weighted by Gasteiger charge is 2.39. The van der Waals surface area contributed by atoms with Crippen LogP contribution in [0, 0.1) is 0 Å². The molecule has 3 heteroatoms. The molecule has 2 aromatic carbocycles. The number of rotatable bonds is 3. The highest BCUT2D eigenvalue weighted by Crippen LogP contribution is 2.58. The van der Waals surface area contributed by atoms with E-state index in [0.29, 0.717) is 17.6 Å². The van der Waals surface area contributed by atoms with E-state index in [-0.39, 0.29) is 0 Å². The van der Waals surface area contributed by atoms with Crippen molar-refractivity contribution in [2.24, 2.45) is 0 Å². The van der Waals surface area contributed by atoms with Crippen molar-refractivity contribution in [2.75, 3.05) is 7.11 Å². The first-order chi connectivity index (χ1) is 10.7. The number of carbonyl (C=O) groups excluding carboxylic acids is 1. The van der Waals surface area contributed by atoms with E-state index in [9.17, 15) is 4.79 Å². The molecular weight excluding hydrogens is 276 g/mol. The number of hydrogen-bond acceptors (Lipinski definition) is 3. The van der Waals surface area contributed by atoms with Crippen molar-refractivity contribution in [2.45, 2.75) is 18.3 Å². The van der Waals surface area contributed by atoms with Gasteiger partial charge in [-0.1, -0.05) is 43.0 Å². The Labute approximate surface area is 128 Å². The number of carbonyl (C=O) groups is 1. The van der Waals surface area contributed by atoms with E-state index in [2.05, 4.69) is 18.7 Å². The van der Waals surface area contributed by atoms with E-state index in [1.165, 1.54) is 11.6 Å². The highest BCUT2D eigenvalue weighted by atomic mass is 16.5. The summed E-state index contributed by atoms with van der Waals surface area (Å²) in [6.07, 6.45) is 6.66. The lowest BCUT2D eigenvalue weighted by molar-refractivity contribution is -0.128. The summed E-state index contributed by atoms with van der Waals surface area (Å²) in [5.74, 6) is 1.78. The summed E-state index contributed by atoms with van der Waals surface area (Å²) in [4.78, 5) is 11.8. The summed E-state index contributed by atoms with van der Waals surface area (Å²) in [5.41, 5.74) is 2.26. The molecule has 0 aromatic heterocycles. The molecule has 2 bridgehead atoms. The second kappa shape index (κ2) is 4.73. The maximum absolute atomic E-state index is 11.8. The molecule has 0 saturated carbocycles. The Morgan fingerprint density at radius 2 is 1.73 bits per heavy atom. The van der Waals surface area contributed by atoms with E-state index in [4.69, 9.17) is 9.47 Å². The smallest absolute Gasteiger partial charge is 0.335 e. The van der Waals surface area contributed by atoms with Crippen LogP contribution in [0.15, 0.2) is 49.1 Å². The molecule has 110 valence electrons. The van der Waals surface area contributed by atoms with Crippen LogP contribution in [0.1, 0.15) is 29.4 Å². The van der Waals surface area contributed by atoms with Crippen molar-refractivity contribution in [1.29, 1.82) is 0 Å². The van der Waals surface area contributed by atoms with Gasteiger partial charge in [-0.3, -0.25) is 0 Å². The molecule has 0 heterocycles. The Balaban J connectivity index is 2.08. The normalized spacial score (nSPS) is 21.0. The van der Waals surface area contributed by atoms with E-state index < -0.39 is 5.97 Å². The molecule has 0 radical (unpaired) electrons. The van der Waals surface area contributed by atoms with Crippen molar-refractivity contribution in [3.05, 3.63) is 60.2 Å². The maximum Gasteiger partial charge on any atom is 0.335 e. The third-order valence-corrected chi connectivity index (χ3v) is 4.59. The number of esters is 1. The topological polar surface area (TPSA) is 35.5 Å². The minimum absolute atomic E-state index is 0.297. The first-order valence-corrected chi connectivity index (χ1v) is 7.39. The van der Waals surface area contributed by atoms with Crippen molar-refractivity contribution >= 4 is 16.7 Å². The molecule has 0 saturated heterocycles. The van der Waals surface area contributed by atoms with Gasteiger partial charge in [0.2, 0.25) is 0 Å². The van der Waals surface area contributed by atoms with E-state index in [1.807, 2.05) is 24.3 Å². The van der Waals surface area contributed by atoms with Crippen LogP contribution in [0.25, 0.3) is 10.8 Å². The van der Waals surface area contributed by atoms with Crippen molar-refractivity contribution < 1.29 is 14.3 Å². The molecular formula is C19H16O3. The van der Waals surface area contributed by atoms with Gasteiger partial charge in [-0.2, -0.15) is 0 Å². The Bertz CT molecular complexity index is 832. The van der Waals surface area contributed by atoms with E-state index >= 15 is 0 Å². The van der Waals surface area contributed by atoms with Gasteiger partial charge in [0.05, 0.1) is 7.11 Å². The molecule has 0 aliphatic heterocycles. The summed E-state index contributed by atoms with van der Waals surface area (Å²) >= 11 is 0. The quantitative estimate of drug-likeness (QED) is 0.370. The average molecular weight is 292 g/mol. The summed E-state index contributed by atoms with van der Waals surface area (Å²) in [7, 11) is 1.70. The fourth-order valence-corrected chi connectivity index (χ4v) is 3.75. The summed E-state index contributed by atoms with van der Waals surface area (Å²) in [5, 5.41) is 1.89. The predicted molar refractivity (Wildman–Crippen MR) is 85.6 cm³/mol. The molecule has 22 heavy (non-hydrogen) atoms. The van der Waals surface area contributed by atoms with Crippen LogP contribution in [0.2, 0.25) is 0 Å².